The van der Waals surface area contributed by atoms with Crippen LogP contribution in [0.3, 0.4) is 0 Å². The van der Waals surface area contributed by atoms with E-state index in [2.05, 4.69) is 19.2 Å². The summed E-state index contributed by atoms with van der Waals surface area (Å²) in [4.78, 5) is 0. The van der Waals surface area contributed by atoms with Crippen molar-refractivity contribution in [3.63, 3.8) is 0 Å². The highest BCUT2D eigenvalue weighted by Crippen LogP contribution is 2.19. The lowest BCUT2D eigenvalue weighted by Crippen LogP contribution is -2.15. The first-order chi connectivity index (χ1) is 7.15. The van der Waals surface area contributed by atoms with Gasteiger partial charge in [-0.2, -0.15) is 0 Å². The van der Waals surface area contributed by atoms with Crippen LogP contribution in [0.4, 0.5) is 10.1 Å². The number of hydrogen-bond donors (Lipinski definition) is 1. The van der Waals surface area contributed by atoms with Crippen LogP contribution in [0.2, 0.25) is 0 Å². The number of rotatable bonds is 5. The Morgan fingerprint density at radius 3 is 2.80 bits per heavy atom. The molecule has 0 spiro atoms. The predicted molar refractivity (Wildman–Crippen MR) is 63.7 cm³/mol. The summed E-state index contributed by atoms with van der Waals surface area (Å²) in [5.41, 5.74) is 1.62. The minimum atomic E-state index is -0.136. The molecule has 0 aliphatic heterocycles. The highest BCUT2D eigenvalue weighted by atomic mass is 19.1. The van der Waals surface area contributed by atoms with Crippen molar-refractivity contribution >= 4 is 5.69 Å². The van der Waals surface area contributed by atoms with E-state index in [1.54, 1.807) is 6.07 Å². The lowest BCUT2D eigenvalue weighted by Gasteiger charge is -2.16. The average molecular weight is 209 g/mol. The Morgan fingerprint density at radius 2 is 2.13 bits per heavy atom. The van der Waals surface area contributed by atoms with Crippen LogP contribution in [0.25, 0.3) is 0 Å². The average Bonchev–Trinajstić information content (AvgIpc) is 2.22. The smallest absolute Gasteiger partial charge is 0.128 e. The third-order valence-corrected chi connectivity index (χ3v) is 2.66. The highest BCUT2D eigenvalue weighted by molar-refractivity contribution is 5.51. The third kappa shape index (κ3) is 3.54. The molecule has 1 aromatic rings. The quantitative estimate of drug-likeness (QED) is 0.769. The zero-order valence-corrected chi connectivity index (χ0v) is 9.81. The van der Waals surface area contributed by atoms with Gasteiger partial charge >= 0.3 is 0 Å². The monoisotopic (exact) mass is 209 g/mol. The minimum Gasteiger partial charge on any atom is -0.382 e. The first-order valence-corrected chi connectivity index (χ1v) is 5.66. The minimum absolute atomic E-state index is 0.136. The van der Waals surface area contributed by atoms with Crippen molar-refractivity contribution in [2.24, 2.45) is 0 Å². The third-order valence-electron chi connectivity index (χ3n) is 2.66. The van der Waals surface area contributed by atoms with Crippen LogP contribution in [0.1, 0.15) is 38.7 Å². The molecule has 0 saturated carbocycles. The summed E-state index contributed by atoms with van der Waals surface area (Å²) in [6.45, 7) is 6.13. The summed E-state index contributed by atoms with van der Waals surface area (Å²) in [6, 6.07) is 5.58. The summed E-state index contributed by atoms with van der Waals surface area (Å²) in [5, 5.41) is 3.35. The largest absolute Gasteiger partial charge is 0.382 e. The van der Waals surface area contributed by atoms with E-state index in [0.29, 0.717) is 11.6 Å². The van der Waals surface area contributed by atoms with Crippen molar-refractivity contribution in [1.29, 1.82) is 0 Å². The molecular weight excluding hydrogens is 189 g/mol. The van der Waals surface area contributed by atoms with Gasteiger partial charge in [0.2, 0.25) is 0 Å². The molecule has 2 heteroatoms. The number of nitrogens with one attached hydrogen (secondary N) is 1. The fraction of sp³-hybridized carbons (Fsp3) is 0.538. The molecule has 0 aliphatic rings. The molecule has 1 N–H and O–H groups in total. The van der Waals surface area contributed by atoms with Crippen molar-refractivity contribution in [3.05, 3.63) is 29.6 Å². The van der Waals surface area contributed by atoms with Crippen LogP contribution in [0, 0.1) is 12.7 Å². The van der Waals surface area contributed by atoms with Gasteiger partial charge in [0.25, 0.3) is 0 Å². The van der Waals surface area contributed by atoms with Crippen LogP contribution in [0.5, 0.6) is 0 Å². The van der Waals surface area contributed by atoms with E-state index in [4.69, 9.17) is 0 Å². The van der Waals surface area contributed by atoms with Gasteiger partial charge in [-0.05, 0) is 32.4 Å². The molecule has 84 valence electrons. The van der Waals surface area contributed by atoms with Gasteiger partial charge in [0, 0.05) is 17.3 Å². The number of hydrogen-bond acceptors (Lipinski definition) is 1. The molecule has 15 heavy (non-hydrogen) atoms. The van der Waals surface area contributed by atoms with Gasteiger partial charge in [-0.1, -0.05) is 25.8 Å². The molecule has 0 saturated heterocycles. The Hall–Kier alpha value is -1.05. The molecular formula is C13H20FN. The molecule has 1 rings (SSSR count). The number of benzene rings is 1. The van der Waals surface area contributed by atoms with E-state index in [1.807, 2.05) is 13.0 Å². The Bertz CT molecular complexity index is 309. The Balaban J connectivity index is 2.60. The van der Waals surface area contributed by atoms with Crippen molar-refractivity contribution in [2.45, 2.75) is 46.1 Å². The molecule has 1 atom stereocenters. The molecule has 0 aliphatic carbocycles. The van der Waals surface area contributed by atoms with Crippen LogP contribution in [0.15, 0.2) is 18.2 Å². The first-order valence-electron chi connectivity index (χ1n) is 5.66. The summed E-state index contributed by atoms with van der Waals surface area (Å²) >= 11 is 0. The molecule has 1 unspecified atom stereocenters. The van der Waals surface area contributed by atoms with Crippen molar-refractivity contribution in [1.82, 2.24) is 0 Å². The van der Waals surface area contributed by atoms with Gasteiger partial charge in [0.1, 0.15) is 5.82 Å². The SMILES string of the molecule is CCCCC(C)Nc1cccc(F)c1C. The molecule has 0 bridgehead atoms. The fourth-order valence-corrected chi connectivity index (χ4v) is 1.61. The molecule has 0 radical (unpaired) electrons. The topological polar surface area (TPSA) is 12.0 Å². The van der Waals surface area contributed by atoms with Crippen LogP contribution in [-0.4, -0.2) is 6.04 Å². The highest BCUT2D eigenvalue weighted by Gasteiger charge is 2.06. The second kappa shape index (κ2) is 5.74. The standard InChI is InChI=1S/C13H20FN/c1-4-5-7-10(2)15-13-9-6-8-12(14)11(13)3/h6,8-10,15H,4-5,7H2,1-3H3. The van der Waals surface area contributed by atoms with E-state index in [0.717, 1.165) is 12.1 Å². The molecule has 0 fully saturated rings. The molecule has 0 aromatic heterocycles. The van der Waals surface area contributed by atoms with Gasteiger partial charge in [-0.15, -0.1) is 0 Å². The van der Waals surface area contributed by atoms with Gasteiger partial charge < -0.3 is 5.32 Å². The van der Waals surface area contributed by atoms with Crippen molar-refractivity contribution < 1.29 is 4.39 Å². The van der Waals surface area contributed by atoms with E-state index in [-0.39, 0.29) is 5.82 Å². The lowest BCUT2D eigenvalue weighted by molar-refractivity contribution is 0.615. The second-order valence-corrected chi connectivity index (χ2v) is 4.10. The van der Waals surface area contributed by atoms with E-state index < -0.39 is 0 Å². The summed E-state index contributed by atoms with van der Waals surface area (Å²) in [7, 11) is 0. The predicted octanol–water partition coefficient (Wildman–Crippen LogP) is 4.12. The normalized spacial score (nSPS) is 12.5. The zero-order valence-electron chi connectivity index (χ0n) is 9.81. The van der Waals surface area contributed by atoms with E-state index in [1.165, 1.54) is 18.9 Å². The fourth-order valence-electron chi connectivity index (χ4n) is 1.61. The van der Waals surface area contributed by atoms with E-state index in [9.17, 15) is 4.39 Å². The van der Waals surface area contributed by atoms with Gasteiger partial charge in [0.05, 0.1) is 0 Å². The zero-order chi connectivity index (χ0) is 11.3. The van der Waals surface area contributed by atoms with E-state index >= 15 is 0 Å². The van der Waals surface area contributed by atoms with Crippen LogP contribution in [-0.2, 0) is 0 Å². The number of unbranched alkanes of at least 4 members (excludes halogenated alkanes) is 1. The van der Waals surface area contributed by atoms with Gasteiger partial charge in [-0.3, -0.25) is 0 Å². The Morgan fingerprint density at radius 1 is 1.40 bits per heavy atom. The molecule has 0 heterocycles. The summed E-state index contributed by atoms with van der Waals surface area (Å²) < 4.78 is 13.2. The first kappa shape index (κ1) is 12.0. The van der Waals surface area contributed by atoms with Crippen molar-refractivity contribution in [2.75, 3.05) is 5.32 Å². The van der Waals surface area contributed by atoms with Crippen LogP contribution < -0.4 is 5.32 Å². The molecule has 1 aromatic carbocycles. The Labute approximate surface area is 91.7 Å². The summed E-state index contributed by atoms with van der Waals surface area (Å²) in [5.74, 6) is -0.136. The maximum atomic E-state index is 13.2. The van der Waals surface area contributed by atoms with Crippen molar-refractivity contribution in [3.8, 4) is 0 Å². The van der Waals surface area contributed by atoms with Gasteiger partial charge in [-0.25, -0.2) is 4.39 Å². The lowest BCUT2D eigenvalue weighted by atomic mass is 10.1. The molecule has 0 amide bonds. The number of halogens is 1. The Kier molecular flexibility index (Phi) is 4.60. The maximum Gasteiger partial charge on any atom is 0.128 e. The maximum absolute atomic E-state index is 13.2. The van der Waals surface area contributed by atoms with Gasteiger partial charge in [0.15, 0.2) is 0 Å². The second-order valence-electron chi connectivity index (χ2n) is 4.10. The van der Waals surface area contributed by atoms with Crippen LogP contribution >= 0.6 is 0 Å². The molecule has 1 nitrogen and oxygen atoms in total. The summed E-state index contributed by atoms with van der Waals surface area (Å²) in [6.07, 6.45) is 3.54. The number of anilines is 1.